The van der Waals surface area contributed by atoms with E-state index in [0.717, 1.165) is 24.8 Å². The molecular formula is C22H30O4. The predicted molar refractivity (Wildman–Crippen MR) is 98.1 cm³/mol. The van der Waals surface area contributed by atoms with Crippen molar-refractivity contribution in [1.82, 2.24) is 0 Å². The van der Waals surface area contributed by atoms with Crippen LogP contribution in [0.25, 0.3) is 0 Å². The Morgan fingerprint density at radius 3 is 2.77 bits per heavy atom. The third kappa shape index (κ3) is 2.27. The van der Waals surface area contributed by atoms with E-state index in [2.05, 4.69) is 20.8 Å². The van der Waals surface area contributed by atoms with Gasteiger partial charge in [0.2, 0.25) is 0 Å². The van der Waals surface area contributed by atoms with Gasteiger partial charge in [0.05, 0.1) is 6.10 Å². The lowest BCUT2D eigenvalue weighted by Gasteiger charge is -2.58. The molecule has 0 aromatic carbocycles. The summed E-state index contributed by atoms with van der Waals surface area (Å²) in [6.45, 7) is 6.04. The number of hydrogen-bond donors (Lipinski definition) is 2. The first-order chi connectivity index (χ1) is 12.2. The average molecular weight is 358 g/mol. The number of allylic oxidation sites excluding steroid dienone is 4. The highest BCUT2D eigenvalue weighted by atomic mass is 16.3. The van der Waals surface area contributed by atoms with Crippen molar-refractivity contribution in [2.24, 2.45) is 40.4 Å². The Labute approximate surface area is 155 Å². The van der Waals surface area contributed by atoms with Gasteiger partial charge in [0.1, 0.15) is 6.61 Å². The summed E-state index contributed by atoms with van der Waals surface area (Å²) in [5.41, 5.74) is 0.647. The highest BCUT2D eigenvalue weighted by Gasteiger charge is 2.64. The summed E-state index contributed by atoms with van der Waals surface area (Å²) >= 11 is 0. The lowest BCUT2D eigenvalue weighted by atomic mass is 9.46. The van der Waals surface area contributed by atoms with Crippen molar-refractivity contribution in [3.8, 4) is 0 Å². The number of fused-ring (bicyclic) bond motifs is 5. The SMILES string of the molecule is C[C@@H]1CC2C3CCC4=CC(=O)C=CC4(C)C3C(O)CC2(C)C1C(=O)CO. The van der Waals surface area contributed by atoms with Crippen LogP contribution in [0.1, 0.15) is 46.5 Å². The summed E-state index contributed by atoms with van der Waals surface area (Å²) in [6, 6.07) is 0. The Hall–Kier alpha value is -1.26. The topological polar surface area (TPSA) is 74.6 Å². The fraction of sp³-hybridized carbons (Fsp3) is 0.727. The Morgan fingerprint density at radius 2 is 2.08 bits per heavy atom. The number of hydrogen-bond acceptors (Lipinski definition) is 4. The molecule has 0 aromatic rings. The smallest absolute Gasteiger partial charge is 0.178 e. The second kappa shape index (κ2) is 5.87. The van der Waals surface area contributed by atoms with Gasteiger partial charge in [0, 0.05) is 17.3 Å². The number of aliphatic hydroxyl groups is 2. The zero-order valence-corrected chi connectivity index (χ0v) is 15.9. The minimum absolute atomic E-state index is 0.0501. The number of Topliss-reactive ketones (excluding diaryl/α,β-unsaturated/α-hetero) is 1. The lowest BCUT2D eigenvalue weighted by molar-refractivity contribution is -0.142. The van der Waals surface area contributed by atoms with Gasteiger partial charge in [-0.25, -0.2) is 0 Å². The standard InChI is InChI=1S/C22H30O4/c1-12-8-16-15-5-4-13-9-14(24)6-7-21(13,2)20(15)17(25)10-22(16,3)19(12)18(26)11-23/h6-7,9,12,15-17,19-20,23,25H,4-5,8,10-11H2,1-3H3/t12-,15?,16?,17?,19?,20?,21?,22?/m1/s1. The first-order valence-corrected chi connectivity index (χ1v) is 9.98. The predicted octanol–water partition coefficient (Wildman–Crippen LogP) is 2.69. The van der Waals surface area contributed by atoms with E-state index in [-0.39, 0.29) is 40.2 Å². The second-order valence-electron chi connectivity index (χ2n) is 9.62. The molecule has 4 rings (SSSR count). The van der Waals surface area contributed by atoms with Crippen LogP contribution in [-0.2, 0) is 9.59 Å². The zero-order chi connectivity index (χ0) is 18.9. The van der Waals surface area contributed by atoms with Crippen LogP contribution in [0.4, 0.5) is 0 Å². The maximum absolute atomic E-state index is 12.5. The molecule has 4 heteroatoms. The molecule has 0 saturated heterocycles. The van der Waals surface area contributed by atoms with Crippen molar-refractivity contribution in [3.63, 3.8) is 0 Å². The highest BCUT2D eigenvalue weighted by Crippen LogP contribution is 2.67. The van der Waals surface area contributed by atoms with E-state index in [1.807, 2.05) is 6.08 Å². The first kappa shape index (κ1) is 18.1. The van der Waals surface area contributed by atoms with Gasteiger partial charge >= 0.3 is 0 Å². The molecule has 0 bridgehead atoms. The van der Waals surface area contributed by atoms with Gasteiger partial charge in [0.25, 0.3) is 0 Å². The monoisotopic (exact) mass is 358 g/mol. The molecule has 142 valence electrons. The molecule has 4 nitrogen and oxygen atoms in total. The zero-order valence-electron chi connectivity index (χ0n) is 15.9. The Morgan fingerprint density at radius 1 is 1.35 bits per heavy atom. The number of carbonyl (C=O) groups excluding carboxylic acids is 2. The Bertz CT molecular complexity index is 707. The average Bonchev–Trinajstić information content (AvgIpc) is 2.84. The highest BCUT2D eigenvalue weighted by molar-refractivity contribution is 6.01. The molecule has 0 amide bonds. The van der Waals surface area contributed by atoms with Crippen LogP contribution < -0.4 is 0 Å². The summed E-state index contributed by atoms with van der Waals surface area (Å²) in [6.07, 6.45) is 8.39. The quantitative estimate of drug-likeness (QED) is 0.796. The van der Waals surface area contributed by atoms with E-state index in [1.165, 1.54) is 0 Å². The number of aliphatic hydroxyl groups excluding tert-OH is 2. The minimum Gasteiger partial charge on any atom is -0.393 e. The number of rotatable bonds is 2. The molecule has 0 radical (unpaired) electrons. The van der Waals surface area contributed by atoms with Crippen molar-refractivity contribution in [2.75, 3.05) is 6.61 Å². The van der Waals surface area contributed by atoms with Gasteiger partial charge in [0.15, 0.2) is 11.6 Å². The van der Waals surface area contributed by atoms with E-state index >= 15 is 0 Å². The minimum atomic E-state index is -0.493. The molecule has 4 aliphatic rings. The van der Waals surface area contributed by atoms with Gasteiger partial charge in [-0.1, -0.05) is 32.4 Å². The molecule has 0 aromatic heterocycles. The Balaban J connectivity index is 1.74. The maximum Gasteiger partial charge on any atom is 0.178 e. The summed E-state index contributed by atoms with van der Waals surface area (Å²) in [4.78, 5) is 24.3. The van der Waals surface area contributed by atoms with Crippen molar-refractivity contribution in [3.05, 3.63) is 23.8 Å². The van der Waals surface area contributed by atoms with Gasteiger partial charge in [-0.3, -0.25) is 9.59 Å². The molecule has 0 spiro atoms. The lowest BCUT2D eigenvalue weighted by Crippen LogP contribution is -2.56. The molecule has 8 atom stereocenters. The van der Waals surface area contributed by atoms with Crippen LogP contribution >= 0.6 is 0 Å². The third-order valence-corrected chi connectivity index (χ3v) is 8.34. The van der Waals surface area contributed by atoms with Crippen LogP contribution in [0.5, 0.6) is 0 Å². The summed E-state index contributed by atoms with van der Waals surface area (Å²) in [5.74, 6) is 0.886. The van der Waals surface area contributed by atoms with Crippen molar-refractivity contribution in [1.29, 1.82) is 0 Å². The van der Waals surface area contributed by atoms with E-state index in [4.69, 9.17) is 0 Å². The third-order valence-electron chi connectivity index (χ3n) is 8.34. The molecule has 0 heterocycles. The maximum atomic E-state index is 12.5. The largest absolute Gasteiger partial charge is 0.393 e. The van der Waals surface area contributed by atoms with Crippen LogP contribution in [0.3, 0.4) is 0 Å². The number of carbonyl (C=O) groups is 2. The van der Waals surface area contributed by atoms with Crippen LogP contribution in [0.15, 0.2) is 23.8 Å². The second-order valence-corrected chi connectivity index (χ2v) is 9.62. The van der Waals surface area contributed by atoms with E-state index < -0.39 is 12.7 Å². The van der Waals surface area contributed by atoms with Crippen molar-refractivity contribution < 1.29 is 19.8 Å². The van der Waals surface area contributed by atoms with E-state index in [1.54, 1.807) is 12.2 Å². The molecule has 0 aliphatic heterocycles. The molecule has 7 unspecified atom stereocenters. The molecule has 4 aliphatic carbocycles. The van der Waals surface area contributed by atoms with Crippen LogP contribution in [0, 0.1) is 40.4 Å². The number of ketones is 2. The molecule has 26 heavy (non-hydrogen) atoms. The first-order valence-electron chi connectivity index (χ1n) is 9.98. The van der Waals surface area contributed by atoms with Gasteiger partial charge in [-0.2, -0.15) is 0 Å². The Kier molecular flexibility index (Phi) is 4.09. The normalized spacial score (nSPS) is 49.9. The van der Waals surface area contributed by atoms with E-state index in [9.17, 15) is 19.8 Å². The molecule has 2 N–H and O–H groups in total. The fourth-order valence-corrected chi connectivity index (χ4v) is 7.48. The van der Waals surface area contributed by atoms with Gasteiger partial charge in [-0.05, 0) is 61.0 Å². The van der Waals surface area contributed by atoms with Crippen LogP contribution in [-0.4, -0.2) is 34.5 Å². The van der Waals surface area contributed by atoms with Crippen molar-refractivity contribution >= 4 is 11.6 Å². The van der Waals surface area contributed by atoms with E-state index in [0.29, 0.717) is 18.3 Å². The van der Waals surface area contributed by atoms with Gasteiger partial charge < -0.3 is 10.2 Å². The molecule has 3 saturated carbocycles. The van der Waals surface area contributed by atoms with Crippen LogP contribution in [0.2, 0.25) is 0 Å². The van der Waals surface area contributed by atoms with Gasteiger partial charge in [-0.15, -0.1) is 0 Å². The van der Waals surface area contributed by atoms with Crippen molar-refractivity contribution in [2.45, 2.75) is 52.6 Å². The summed E-state index contributed by atoms with van der Waals surface area (Å²) < 4.78 is 0. The fourth-order valence-electron chi connectivity index (χ4n) is 7.48. The molecule has 3 fully saturated rings. The molecular weight excluding hydrogens is 328 g/mol. The summed E-state index contributed by atoms with van der Waals surface area (Å²) in [7, 11) is 0. The summed E-state index contributed by atoms with van der Waals surface area (Å²) in [5, 5.41) is 20.7.